The lowest BCUT2D eigenvalue weighted by atomic mass is 10.2. The van der Waals surface area contributed by atoms with Crippen LogP contribution < -0.4 is 5.43 Å². The summed E-state index contributed by atoms with van der Waals surface area (Å²) in [4.78, 5) is 34.6. The van der Waals surface area contributed by atoms with E-state index in [4.69, 9.17) is 10.2 Å². The third kappa shape index (κ3) is 4.68. The Balaban J connectivity index is 2.73. The Morgan fingerprint density at radius 1 is 1.35 bits per heavy atom. The van der Waals surface area contributed by atoms with Gasteiger partial charge < -0.3 is 10.2 Å². The Labute approximate surface area is 111 Å². The maximum Gasteiger partial charge on any atom is 0.352 e. The van der Waals surface area contributed by atoms with Crippen LogP contribution in [0.4, 0.5) is 11.5 Å². The number of rotatable bonds is 7. The van der Waals surface area contributed by atoms with E-state index in [1.807, 2.05) is 0 Å². The molecule has 106 valence electrons. The zero-order valence-corrected chi connectivity index (χ0v) is 10.0. The van der Waals surface area contributed by atoms with Gasteiger partial charge in [-0.1, -0.05) is 0 Å². The number of aromatic nitrogens is 1. The molecule has 0 spiro atoms. The fourth-order valence-corrected chi connectivity index (χ4v) is 1.12. The molecule has 1 aromatic rings. The topological polar surface area (TPSA) is 155 Å². The van der Waals surface area contributed by atoms with Crippen molar-refractivity contribution in [2.45, 2.75) is 12.8 Å². The predicted molar refractivity (Wildman–Crippen MR) is 66.5 cm³/mol. The van der Waals surface area contributed by atoms with Gasteiger partial charge in [-0.15, -0.1) is 0 Å². The summed E-state index contributed by atoms with van der Waals surface area (Å²) in [5.41, 5.74) is 1.70. The maximum atomic E-state index is 10.8. The maximum absolute atomic E-state index is 10.8. The van der Waals surface area contributed by atoms with E-state index in [9.17, 15) is 19.7 Å². The van der Waals surface area contributed by atoms with Gasteiger partial charge in [-0.25, -0.2) is 9.78 Å². The molecule has 0 unspecified atom stereocenters. The fraction of sp³-hybridized carbons (Fsp3) is 0.200. The van der Waals surface area contributed by atoms with E-state index in [2.05, 4.69) is 15.5 Å². The van der Waals surface area contributed by atoms with Crippen molar-refractivity contribution in [2.24, 2.45) is 5.10 Å². The molecule has 1 heterocycles. The van der Waals surface area contributed by atoms with Crippen molar-refractivity contribution in [3.05, 3.63) is 28.4 Å². The molecule has 1 rings (SSSR count). The average molecular weight is 282 g/mol. The van der Waals surface area contributed by atoms with Crippen LogP contribution in [0.5, 0.6) is 0 Å². The van der Waals surface area contributed by atoms with Crippen LogP contribution in [0, 0.1) is 10.1 Å². The number of carbonyl (C=O) groups is 2. The molecule has 0 atom stereocenters. The minimum Gasteiger partial charge on any atom is -0.481 e. The normalized spacial score (nSPS) is 10.9. The number of pyridine rings is 1. The van der Waals surface area contributed by atoms with Gasteiger partial charge in [0, 0.05) is 12.5 Å². The van der Waals surface area contributed by atoms with Gasteiger partial charge in [0.05, 0.1) is 11.3 Å². The zero-order chi connectivity index (χ0) is 15.1. The van der Waals surface area contributed by atoms with Gasteiger partial charge in [-0.2, -0.15) is 5.10 Å². The van der Waals surface area contributed by atoms with Crippen LogP contribution in [0.2, 0.25) is 0 Å². The molecular formula is C10H10N4O6. The summed E-state index contributed by atoms with van der Waals surface area (Å²) in [7, 11) is 0. The lowest BCUT2D eigenvalue weighted by Crippen LogP contribution is -2.16. The van der Waals surface area contributed by atoms with Gasteiger partial charge in [0.1, 0.15) is 17.7 Å². The van der Waals surface area contributed by atoms with Crippen LogP contribution in [0.3, 0.4) is 0 Å². The molecule has 0 bridgehead atoms. The summed E-state index contributed by atoms with van der Waals surface area (Å²) in [6.45, 7) is 0. The van der Waals surface area contributed by atoms with Crippen molar-refractivity contribution in [1.29, 1.82) is 0 Å². The molecule has 20 heavy (non-hydrogen) atoms. The van der Waals surface area contributed by atoms with Crippen LogP contribution in [-0.4, -0.2) is 37.8 Å². The number of nitrogens with one attached hydrogen (secondary N) is 1. The summed E-state index contributed by atoms with van der Waals surface area (Å²) in [6.07, 6.45) is 0.348. The summed E-state index contributed by atoms with van der Waals surface area (Å²) in [5.74, 6) is -2.40. The first-order valence-electron chi connectivity index (χ1n) is 5.28. The van der Waals surface area contributed by atoms with Gasteiger partial charge in [-0.05, 0) is 6.07 Å². The highest BCUT2D eigenvalue weighted by Gasteiger charge is 2.12. The van der Waals surface area contributed by atoms with E-state index in [1.54, 1.807) is 0 Å². The first-order chi connectivity index (χ1) is 9.40. The Bertz CT molecular complexity index is 553. The Hall–Kier alpha value is -3.04. The van der Waals surface area contributed by atoms with E-state index < -0.39 is 16.9 Å². The number of carboxylic acids is 2. The van der Waals surface area contributed by atoms with Gasteiger partial charge in [-0.3, -0.25) is 20.3 Å². The molecule has 10 nitrogen and oxygen atoms in total. The molecule has 0 fully saturated rings. The molecule has 0 saturated heterocycles. The van der Waals surface area contributed by atoms with E-state index >= 15 is 0 Å². The van der Waals surface area contributed by atoms with Crippen LogP contribution in [0.15, 0.2) is 23.4 Å². The first kappa shape index (κ1) is 15.0. The molecule has 10 heteroatoms. The van der Waals surface area contributed by atoms with E-state index in [0.29, 0.717) is 0 Å². The number of anilines is 1. The number of aliphatic carboxylic acids is 2. The third-order valence-corrected chi connectivity index (χ3v) is 2.09. The van der Waals surface area contributed by atoms with Crippen molar-refractivity contribution in [1.82, 2.24) is 4.98 Å². The van der Waals surface area contributed by atoms with Crippen LogP contribution >= 0.6 is 0 Å². The van der Waals surface area contributed by atoms with Crippen molar-refractivity contribution in [3.63, 3.8) is 0 Å². The number of hydrazone groups is 1. The predicted octanol–water partition coefficient (Wildman–Crippen LogP) is 0.707. The van der Waals surface area contributed by atoms with Crippen LogP contribution in [-0.2, 0) is 9.59 Å². The third-order valence-electron chi connectivity index (χ3n) is 2.09. The monoisotopic (exact) mass is 282 g/mol. The highest BCUT2D eigenvalue weighted by molar-refractivity contribution is 6.35. The summed E-state index contributed by atoms with van der Waals surface area (Å²) in [5, 5.41) is 31.2. The minimum atomic E-state index is -1.36. The van der Waals surface area contributed by atoms with Crippen molar-refractivity contribution in [2.75, 3.05) is 5.43 Å². The van der Waals surface area contributed by atoms with E-state index in [0.717, 1.165) is 6.20 Å². The lowest BCUT2D eigenvalue weighted by molar-refractivity contribution is -0.385. The Kier molecular flexibility index (Phi) is 5.09. The van der Waals surface area contributed by atoms with Gasteiger partial charge in [0.2, 0.25) is 0 Å². The molecule has 0 aromatic carbocycles. The molecule has 0 radical (unpaired) electrons. The quantitative estimate of drug-likeness (QED) is 0.375. The number of hydrogen-bond acceptors (Lipinski definition) is 7. The molecule has 0 saturated carbocycles. The van der Waals surface area contributed by atoms with Gasteiger partial charge >= 0.3 is 11.9 Å². The van der Waals surface area contributed by atoms with Gasteiger partial charge in [0.25, 0.3) is 5.69 Å². The average Bonchev–Trinajstić information content (AvgIpc) is 2.38. The van der Waals surface area contributed by atoms with E-state index in [1.165, 1.54) is 12.1 Å². The summed E-state index contributed by atoms with van der Waals surface area (Å²) < 4.78 is 0. The van der Waals surface area contributed by atoms with Gasteiger partial charge in [0.15, 0.2) is 0 Å². The van der Waals surface area contributed by atoms with Crippen molar-refractivity contribution >= 4 is 29.2 Å². The Morgan fingerprint density at radius 2 is 2.05 bits per heavy atom. The highest BCUT2D eigenvalue weighted by Crippen LogP contribution is 2.11. The molecule has 0 aliphatic carbocycles. The summed E-state index contributed by atoms with van der Waals surface area (Å²) >= 11 is 0. The molecule has 3 N–H and O–H groups in total. The second kappa shape index (κ2) is 6.78. The second-order valence-corrected chi connectivity index (χ2v) is 3.53. The SMILES string of the molecule is O=C(O)CC/C(=N\Nc1ccc([N+](=O)[O-])cn1)C(=O)O. The van der Waals surface area contributed by atoms with Crippen LogP contribution in [0.1, 0.15) is 12.8 Å². The molecule has 0 amide bonds. The Morgan fingerprint density at radius 3 is 2.50 bits per heavy atom. The number of carboxylic acid groups (broad SMARTS) is 2. The zero-order valence-electron chi connectivity index (χ0n) is 10.0. The second-order valence-electron chi connectivity index (χ2n) is 3.53. The number of hydrogen-bond donors (Lipinski definition) is 3. The van der Waals surface area contributed by atoms with Crippen molar-refractivity contribution in [3.8, 4) is 0 Å². The fourth-order valence-electron chi connectivity index (χ4n) is 1.12. The van der Waals surface area contributed by atoms with E-state index in [-0.39, 0.29) is 30.1 Å². The standard InChI is InChI=1S/C10H10N4O6/c15-9(16)4-2-7(10(17)18)12-13-8-3-1-6(5-11-8)14(19)20/h1,3,5H,2,4H2,(H,11,13)(H,15,16)(H,17,18)/b12-7+. The minimum absolute atomic E-state index is 0.102. The van der Waals surface area contributed by atoms with Crippen LogP contribution in [0.25, 0.3) is 0 Å². The molecule has 0 aliphatic rings. The number of nitrogens with zero attached hydrogens (tertiary/aromatic N) is 3. The smallest absolute Gasteiger partial charge is 0.352 e. The number of nitro groups is 1. The van der Waals surface area contributed by atoms with Crippen molar-refractivity contribution < 1.29 is 24.7 Å². The lowest BCUT2D eigenvalue weighted by Gasteiger charge is -2.02. The summed E-state index contributed by atoms with van der Waals surface area (Å²) in [6, 6.07) is 2.42. The molecule has 1 aromatic heterocycles. The first-order valence-corrected chi connectivity index (χ1v) is 5.28. The molecular weight excluding hydrogens is 272 g/mol. The largest absolute Gasteiger partial charge is 0.481 e. The molecule has 0 aliphatic heterocycles. The highest BCUT2D eigenvalue weighted by atomic mass is 16.6.